The van der Waals surface area contributed by atoms with E-state index >= 15 is 0 Å². The van der Waals surface area contributed by atoms with Crippen LogP contribution >= 0.6 is 24.0 Å². The van der Waals surface area contributed by atoms with E-state index < -0.39 is 0 Å². The minimum atomic E-state index is 0. The lowest BCUT2D eigenvalue weighted by atomic mass is 10.2. The molecule has 1 unspecified atom stereocenters. The summed E-state index contributed by atoms with van der Waals surface area (Å²) < 4.78 is 5.63. The summed E-state index contributed by atoms with van der Waals surface area (Å²) in [7, 11) is 1.82. The highest BCUT2D eigenvalue weighted by Crippen LogP contribution is 2.14. The largest absolute Gasteiger partial charge is 0.378 e. The molecule has 2 N–H and O–H groups in total. The first kappa shape index (κ1) is 21.9. The Bertz CT molecular complexity index is 297. The molecule has 1 aliphatic heterocycles. The lowest BCUT2D eigenvalue weighted by Gasteiger charge is -2.30. The molecule has 0 radical (unpaired) electrons. The fourth-order valence-electron chi connectivity index (χ4n) is 2.86. The van der Waals surface area contributed by atoms with E-state index in [0.717, 1.165) is 38.6 Å². The molecule has 22 heavy (non-hydrogen) atoms. The Hall–Kier alpha value is -0.0800. The maximum atomic E-state index is 5.63. The van der Waals surface area contributed by atoms with E-state index in [0.29, 0.717) is 18.2 Å². The number of hydrogen-bond donors (Lipinski definition) is 2. The van der Waals surface area contributed by atoms with Crippen molar-refractivity contribution in [2.24, 2.45) is 4.99 Å². The number of hydrogen-bond acceptors (Lipinski definition) is 3. The van der Waals surface area contributed by atoms with Gasteiger partial charge in [0.05, 0.1) is 6.10 Å². The highest BCUT2D eigenvalue weighted by atomic mass is 127. The number of nitrogens with zero attached hydrogens (tertiary/aromatic N) is 2. The van der Waals surface area contributed by atoms with Crippen molar-refractivity contribution < 1.29 is 4.74 Å². The van der Waals surface area contributed by atoms with E-state index in [-0.39, 0.29) is 24.0 Å². The molecule has 1 rings (SSSR count). The first-order valence-corrected chi connectivity index (χ1v) is 8.36. The van der Waals surface area contributed by atoms with Crippen LogP contribution in [-0.4, -0.2) is 62.3 Å². The highest BCUT2D eigenvalue weighted by molar-refractivity contribution is 14.0. The van der Waals surface area contributed by atoms with E-state index in [1.807, 2.05) is 7.05 Å². The molecule has 1 aliphatic rings. The Balaban J connectivity index is 0.00000441. The summed E-state index contributed by atoms with van der Waals surface area (Å²) in [6.45, 7) is 12.8. The van der Waals surface area contributed by atoms with Gasteiger partial charge in [-0.2, -0.15) is 0 Å². The summed E-state index contributed by atoms with van der Waals surface area (Å²) in [4.78, 5) is 6.75. The number of rotatable bonds is 8. The van der Waals surface area contributed by atoms with Crippen molar-refractivity contribution in [1.29, 1.82) is 0 Å². The molecular weight excluding hydrogens is 391 g/mol. The second-order valence-electron chi connectivity index (χ2n) is 6.27. The smallest absolute Gasteiger partial charge is 0.191 e. The molecule has 0 saturated carbocycles. The van der Waals surface area contributed by atoms with Gasteiger partial charge >= 0.3 is 0 Å². The van der Waals surface area contributed by atoms with Crippen LogP contribution in [0.1, 0.15) is 47.0 Å². The number of guanidine groups is 1. The lowest BCUT2D eigenvalue weighted by molar-refractivity contribution is 0.105. The summed E-state index contributed by atoms with van der Waals surface area (Å²) in [5.41, 5.74) is 0. The van der Waals surface area contributed by atoms with Gasteiger partial charge in [0.1, 0.15) is 0 Å². The van der Waals surface area contributed by atoms with Crippen LogP contribution in [0, 0.1) is 0 Å². The molecule has 0 aromatic heterocycles. The zero-order valence-electron chi connectivity index (χ0n) is 14.9. The summed E-state index contributed by atoms with van der Waals surface area (Å²) >= 11 is 0. The first-order valence-electron chi connectivity index (χ1n) is 8.36. The van der Waals surface area contributed by atoms with Gasteiger partial charge in [-0.15, -0.1) is 24.0 Å². The minimum Gasteiger partial charge on any atom is -0.378 e. The predicted octanol–water partition coefficient (Wildman–Crippen LogP) is 2.46. The van der Waals surface area contributed by atoms with Crippen LogP contribution in [0.4, 0.5) is 0 Å². The molecule has 1 fully saturated rings. The Kier molecular flexibility index (Phi) is 12.3. The van der Waals surface area contributed by atoms with E-state index in [1.165, 1.54) is 12.8 Å². The van der Waals surface area contributed by atoms with Crippen molar-refractivity contribution in [3.05, 3.63) is 0 Å². The second-order valence-corrected chi connectivity index (χ2v) is 6.27. The van der Waals surface area contributed by atoms with Gasteiger partial charge in [0.2, 0.25) is 0 Å². The van der Waals surface area contributed by atoms with E-state index in [9.17, 15) is 0 Å². The van der Waals surface area contributed by atoms with Gasteiger partial charge in [-0.25, -0.2) is 0 Å². The van der Waals surface area contributed by atoms with Gasteiger partial charge in [-0.1, -0.05) is 0 Å². The zero-order valence-corrected chi connectivity index (χ0v) is 17.2. The molecule has 0 bridgehead atoms. The fraction of sp³-hybridized carbons (Fsp3) is 0.938. The predicted molar refractivity (Wildman–Crippen MR) is 105 cm³/mol. The van der Waals surface area contributed by atoms with Crippen molar-refractivity contribution in [3.8, 4) is 0 Å². The summed E-state index contributed by atoms with van der Waals surface area (Å²) in [5, 5.41) is 6.76. The van der Waals surface area contributed by atoms with Crippen LogP contribution in [0.3, 0.4) is 0 Å². The molecule has 132 valence electrons. The number of aliphatic imine (C=N–C) groups is 1. The molecule has 0 aromatic rings. The Morgan fingerprint density at radius 3 is 2.32 bits per heavy atom. The van der Waals surface area contributed by atoms with Gasteiger partial charge in [-0.3, -0.25) is 9.89 Å². The van der Waals surface area contributed by atoms with Crippen LogP contribution in [0.2, 0.25) is 0 Å². The van der Waals surface area contributed by atoms with Gasteiger partial charge in [0.25, 0.3) is 0 Å². The summed E-state index contributed by atoms with van der Waals surface area (Å²) in [6.07, 6.45) is 3.90. The van der Waals surface area contributed by atoms with Crippen molar-refractivity contribution in [1.82, 2.24) is 15.5 Å². The van der Waals surface area contributed by atoms with Gasteiger partial charge in [0, 0.05) is 45.4 Å². The number of ether oxygens (including phenoxy) is 1. The van der Waals surface area contributed by atoms with E-state index in [4.69, 9.17) is 4.74 Å². The van der Waals surface area contributed by atoms with E-state index in [1.54, 1.807) is 0 Å². The maximum Gasteiger partial charge on any atom is 0.191 e. The minimum absolute atomic E-state index is 0. The van der Waals surface area contributed by atoms with E-state index in [2.05, 4.69) is 48.2 Å². The Morgan fingerprint density at radius 1 is 1.18 bits per heavy atom. The third kappa shape index (κ3) is 8.53. The second kappa shape index (κ2) is 12.4. The maximum absolute atomic E-state index is 5.63. The molecule has 0 aromatic carbocycles. The monoisotopic (exact) mass is 426 g/mol. The SMILES string of the molecule is CN=C(NCCC1CCCO1)NCCN(C(C)C)C(C)C.I. The van der Waals surface area contributed by atoms with Crippen molar-refractivity contribution >= 4 is 29.9 Å². The lowest BCUT2D eigenvalue weighted by Crippen LogP contribution is -2.45. The molecule has 1 heterocycles. The standard InChI is InChI=1S/C16H34N4O.HI/c1-13(2)20(14(3)4)11-10-19-16(17-5)18-9-8-15-7-6-12-21-15;/h13-15H,6-12H2,1-5H3,(H2,17,18,19);1H. The molecule has 6 heteroatoms. The van der Waals surface area contributed by atoms with Crippen LogP contribution < -0.4 is 10.6 Å². The number of halogens is 1. The van der Waals surface area contributed by atoms with Crippen molar-refractivity contribution in [2.75, 3.05) is 33.3 Å². The molecule has 0 aliphatic carbocycles. The van der Waals surface area contributed by atoms with Gasteiger partial charge < -0.3 is 15.4 Å². The fourth-order valence-corrected chi connectivity index (χ4v) is 2.86. The van der Waals surface area contributed by atoms with Crippen LogP contribution in [0.5, 0.6) is 0 Å². The average molecular weight is 426 g/mol. The van der Waals surface area contributed by atoms with Crippen molar-refractivity contribution in [3.63, 3.8) is 0 Å². The van der Waals surface area contributed by atoms with Crippen molar-refractivity contribution in [2.45, 2.75) is 65.1 Å². The Labute approximate surface area is 153 Å². The first-order chi connectivity index (χ1) is 10.0. The normalized spacial score (nSPS) is 18.9. The summed E-state index contributed by atoms with van der Waals surface area (Å²) in [6, 6.07) is 1.14. The molecule has 5 nitrogen and oxygen atoms in total. The molecule has 0 amide bonds. The third-order valence-corrected chi connectivity index (χ3v) is 4.00. The quantitative estimate of drug-likeness (QED) is 0.356. The summed E-state index contributed by atoms with van der Waals surface area (Å²) in [5.74, 6) is 0.889. The van der Waals surface area contributed by atoms with Crippen LogP contribution in [-0.2, 0) is 4.74 Å². The molecular formula is C16H35IN4O. The third-order valence-electron chi connectivity index (χ3n) is 4.00. The Morgan fingerprint density at radius 2 is 1.82 bits per heavy atom. The average Bonchev–Trinajstić information content (AvgIpc) is 2.93. The highest BCUT2D eigenvalue weighted by Gasteiger charge is 2.15. The number of nitrogens with one attached hydrogen (secondary N) is 2. The molecule has 1 atom stereocenters. The van der Waals surface area contributed by atoms with Crippen LogP contribution in [0.25, 0.3) is 0 Å². The molecule has 0 spiro atoms. The zero-order chi connectivity index (χ0) is 15.7. The van der Waals surface area contributed by atoms with Gasteiger partial charge in [0.15, 0.2) is 5.96 Å². The van der Waals surface area contributed by atoms with Crippen LogP contribution in [0.15, 0.2) is 4.99 Å². The molecule has 1 saturated heterocycles. The van der Waals surface area contributed by atoms with Gasteiger partial charge in [-0.05, 0) is 47.0 Å². The topological polar surface area (TPSA) is 48.9 Å².